The number of nitrogens with zero attached hydrogens (tertiary/aromatic N) is 2. The van der Waals surface area contributed by atoms with E-state index in [1.807, 2.05) is 0 Å². The average Bonchev–Trinajstić information content (AvgIpc) is 2.65. The van der Waals surface area contributed by atoms with E-state index in [1.54, 1.807) is 36.4 Å². The van der Waals surface area contributed by atoms with Crippen molar-refractivity contribution in [1.29, 1.82) is 0 Å². The number of nitro benzene ring substituents is 1. The Labute approximate surface area is 153 Å². The SMILES string of the molecule is O=C1NC(=O)N(c2ccccc2)C(=O)C1=CC=Cc1cccc([N+](=O)[O-])c1. The zero-order valence-electron chi connectivity index (χ0n) is 13.9. The summed E-state index contributed by atoms with van der Waals surface area (Å²) in [6.07, 6.45) is 4.20. The number of imide groups is 2. The number of barbiturate groups is 1. The molecule has 0 radical (unpaired) electrons. The van der Waals surface area contributed by atoms with Gasteiger partial charge in [-0.3, -0.25) is 25.0 Å². The Bertz CT molecular complexity index is 995. The molecule has 134 valence electrons. The maximum absolute atomic E-state index is 12.6. The lowest BCUT2D eigenvalue weighted by Gasteiger charge is -2.26. The first-order valence-corrected chi connectivity index (χ1v) is 7.85. The van der Waals surface area contributed by atoms with E-state index >= 15 is 0 Å². The van der Waals surface area contributed by atoms with Gasteiger partial charge in [-0.2, -0.15) is 0 Å². The van der Waals surface area contributed by atoms with Crippen LogP contribution in [0.4, 0.5) is 16.2 Å². The molecule has 1 aliphatic rings. The van der Waals surface area contributed by atoms with Crippen LogP contribution in [0.25, 0.3) is 6.08 Å². The molecule has 0 bridgehead atoms. The quantitative estimate of drug-likeness (QED) is 0.389. The normalized spacial score (nSPS) is 16.1. The number of hydrogen-bond donors (Lipinski definition) is 1. The van der Waals surface area contributed by atoms with Crippen LogP contribution >= 0.6 is 0 Å². The first-order valence-electron chi connectivity index (χ1n) is 7.85. The van der Waals surface area contributed by atoms with E-state index in [2.05, 4.69) is 5.32 Å². The fourth-order valence-electron chi connectivity index (χ4n) is 2.49. The molecule has 0 spiro atoms. The van der Waals surface area contributed by atoms with Crippen molar-refractivity contribution < 1.29 is 19.3 Å². The van der Waals surface area contributed by atoms with Crippen LogP contribution in [-0.4, -0.2) is 22.8 Å². The fraction of sp³-hybridized carbons (Fsp3) is 0. The summed E-state index contributed by atoms with van der Waals surface area (Å²) >= 11 is 0. The Morgan fingerprint density at radius 3 is 2.44 bits per heavy atom. The summed E-state index contributed by atoms with van der Waals surface area (Å²) in [7, 11) is 0. The molecule has 0 saturated carbocycles. The lowest BCUT2D eigenvalue weighted by molar-refractivity contribution is -0.384. The predicted octanol–water partition coefficient (Wildman–Crippen LogP) is 2.82. The summed E-state index contributed by atoms with van der Waals surface area (Å²) in [5.41, 5.74) is 0.569. The second kappa shape index (κ2) is 7.44. The number of anilines is 1. The van der Waals surface area contributed by atoms with E-state index in [0.717, 1.165) is 4.90 Å². The molecule has 3 rings (SSSR count). The largest absolute Gasteiger partial charge is 0.335 e. The molecule has 2 aromatic carbocycles. The first-order chi connectivity index (χ1) is 13.0. The molecule has 0 aromatic heterocycles. The number of benzene rings is 2. The standard InChI is InChI=1S/C19H13N3O5/c23-17-16(11-5-7-13-6-4-10-15(12-13)22(26)27)18(24)21(19(25)20-17)14-8-2-1-3-9-14/h1-12H,(H,20,23,25). The van der Waals surface area contributed by atoms with Crippen LogP contribution in [0.5, 0.6) is 0 Å². The molecule has 0 aliphatic carbocycles. The minimum absolute atomic E-state index is 0.0721. The number of nitrogens with one attached hydrogen (secondary N) is 1. The topological polar surface area (TPSA) is 110 Å². The Hall–Kier alpha value is -4.07. The first kappa shape index (κ1) is 17.7. The van der Waals surface area contributed by atoms with Crippen molar-refractivity contribution in [1.82, 2.24) is 5.32 Å². The number of urea groups is 1. The van der Waals surface area contributed by atoms with Crippen molar-refractivity contribution in [3.05, 3.63) is 88.0 Å². The van der Waals surface area contributed by atoms with Gasteiger partial charge in [0.15, 0.2) is 0 Å². The Kier molecular flexibility index (Phi) is 4.89. The highest BCUT2D eigenvalue weighted by Gasteiger charge is 2.36. The number of non-ortho nitro benzene ring substituents is 1. The molecule has 0 unspecified atom stereocenters. The van der Waals surface area contributed by atoms with Crippen LogP contribution in [-0.2, 0) is 9.59 Å². The number of allylic oxidation sites excluding steroid dienone is 2. The van der Waals surface area contributed by atoms with Crippen LogP contribution in [0, 0.1) is 10.1 Å². The third-order valence-corrected chi connectivity index (χ3v) is 3.75. The Morgan fingerprint density at radius 1 is 1.00 bits per heavy atom. The molecule has 27 heavy (non-hydrogen) atoms. The molecule has 1 N–H and O–H groups in total. The molecule has 1 heterocycles. The molecule has 1 fully saturated rings. The van der Waals surface area contributed by atoms with Crippen molar-refractivity contribution in [2.45, 2.75) is 0 Å². The highest BCUT2D eigenvalue weighted by Crippen LogP contribution is 2.20. The van der Waals surface area contributed by atoms with Gasteiger partial charge in [0.05, 0.1) is 10.6 Å². The van der Waals surface area contributed by atoms with Crippen molar-refractivity contribution >= 4 is 35.3 Å². The lowest BCUT2D eigenvalue weighted by atomic mass is 10.1. The van der Waals surface area contributed by atoms with Crippen molar-refractivity contribution in [2.75, 3.05) is 4.90 Å². The van der Waals surface area contributed by atoms with E-state index in [1.165, 1.54) is 36.4 Å². The highest BCUT2D eigenvalue weighted by molar-refractivity contribution is 6.37. The number of carbonyl (C=O) groups is 3. The number of hydrogen-bond acceptors (Lipinski definition) is 5. The monoisotopic (exact) mass is 363 g/mol. The summed E-state index contributed by atoms with van der Waals surface area (Å²) in [6, 6.07) is 13.3. The molecular formula is C19H13N3O5. The summed E-state index contributed by atoms with van der Waals surface area (Å²) in [4.78, 5) is 47.8. The smallest absolute Gasteiger partial charge is 0.273 e. The number of para-hydroxylation sites is 1. The minimum Gasteiger partial charge on any atom is -0.273 e. The number of carbonyl (C=O) groups excluding carboxylic acids is 3. The Balaban J connectivity index is 1.87. The zero-order chi connectivity index (χ0) is 19.4. The maximum atomic E-state index is 12.6. The van der Waals surface area contributed by atoms with Gasteiger partial charge in [0.2, 0.25) is 0 Å². The zero-order valence-corrected chi connectivity index (χ0v) is 13.9. The maximum Gasteiger partial charge on any atom is 0.335 e. The molecule has 8 heteroatoms. The van der Waals surface area contributed by atoms with E-state index in [9.17, 15) is 24.5 Å². The summed E-state index contributed by atoms with van der Waals surface area (Å²) < 4.78 is 0. The van der Waals surface area contributed by atoms with Gasteiger partial charge in [0.1, 0.15) is 5.57 Å². The number of rotatable bonds is 4. The molecule has 4 amide bonds. The van der Waals surface area contributed by atoms with E-state index in [0.29, 0.717) is 11.3 Å². The van der Waals surface area contributed by atoms with Gasteiger partial charge < -0.3 is 0 Å². The second-order valence-corrected chi connectivity index (χ2v) is 5.53. The number of nitro groups is 1. The third kappa shape index (κ3) is 3.79. The van der Waals surface area contributed by atoms with Crippen LogP contribution < -0.4 is 10.2 Å². The van der Waals surface area contributed by atoms with Gasteiger partial charge in [-0.15, -0.1) is 0 Å². The molecule has 1 saturated heterocycles. The van der Waals surface area contributed by atoms with Crippen LogP contribution in [0.3, 0.4) is 0 Å². The fourth-order valence-corrected chi connectivity index (χ4v) is 2.49. The Morgan fingerprint density at radius 2 is 1.74 bits per heavy atom. The molecule has 2 aromatic rings. The van der Waals surface area contributed by atoms with Crippen LogP contribution in [0.1, 0.15) is 5.56 Å². The third-order valence-electron chi connectivity index (χ3n) is 3.75. The van der Waals surface area contributed by atoms with Crippen molar-refractivity contribution in [3.63, 3.8) is 0 Å². The van der Waals surface area contributed by atoms with Crippen molar-refractivity contribution in [3.8, 4) is 0 Å². The van der Waals surface area contributed by atoms with E-state index < -0.39 is 22.8 Å². The van der Waals surface area contributed by atoms with Gasteiger partial charge in [0, 0.05) is 12.1 Å². The number of amides is 4. The summed E-state index contributed by atoms with van der Waals surface area (Å²) in [6.45, 7) is 0. The van der Waals surface area contributed by atoms with Gasteiger partial charge in [-0.05, 0) is 23.8 Å². The van der Waals surface area contributed by atoms with Gasteiger partial charge in [-0.25, -0.2) is 9.69 Å². The van der Waals surface area contributed by atoms with E-state index in [-0.39, 0.29) is 11.3 Å². The molecule has 0 atom stereocenters. The summed E-state index contributed by atoms with van der Waals surface area (Å²) in [5.74, 6) is -1.56. The lowest BCUT2D eigenvalue weighted by Crippen LogP contribution is -2.54. The average molecular weight is 363 g/mol. The minimum atomic E-state index is -0.823. The van der Waals surface area contributed by atoms with Gasteiger partial charge in [-0.1, -0.05) is 42.5 Å². The van der Waals surface area contributed by atoms with Gasteiger partial charge in [0.25, 0.3) is 17.5 Å². The van der Waals surface area contributed by atoms with Crippen LogP contribution in [0.15, 0.2) is 72.3 Å². The predicted molar refractivity (Wildman–Crippen MR) is 97.7 cm³/mol. The van der Waals surface area contributed by atoms with Crippen molar-refractivity contribution in [2.24, 2.45) is 0 Å². The molecular weight excluding hydrogens is 350 g/mol. The molecule has 8 nitrogen and oxygen atoms in total. The summed E-state index contributed by atoms with van der Waals surface area (Å²) in [5, 5.41) is 12.9. The van der Waals surface area contributed by atoms with Gasteiger partial charge >= 0.3 is 6.03 Å². The molecule has 1 aliphatic heterocycles. The second-order valence-electron chi connectivity index (χ2n) is 5.53. The van der Waals surface area contributed by atoms with E-state index in [4.69, 9.17) is 0 Å². The highest BCUT2D eigenvalue weighted by atomic mass is 16.6. The van der Waals surface area contributed by atoms with Crippen LogP contribution in [0.2, 0.25) is 0 Å².